The summed E-state index contributed by atoms with van der Waals surface area (Å²) < 4.78 is 98.9. The van der Waals surface area contributed by atoms with E-state index in [1.807, 2.05) is 268 Å². The number of aryl methyl sites for hydroxylation is 3. The van der Waals surface area contributed by atoms with E-state index in [1.165, 1.54) is 0 Å². The predicted molar refractivity (Wildman–Crippen MR) is 602 cm³/mol. The minimum Gasteiger partial charge on any atom is -0.544 e. The Morgan fingerprint density at radius 1 is 0.304 bits per heavy atom. The summed E-state index contributed by atoms with van der Waals surface area (Å²) in [5, 5.41) is 0.152. The van der Waals surface area contributed by atoms with Crippen molar-refractivity contribution in [3.05, 3.63) is 475 Å². The van der Waals surface area contributed by atoms with Crippen LogP contribution in [0.25, 0.3) is 34.1 Å². The molecule has 0 spiro atoms. The van der Waals surface area contributed by atoms with Crippen LogP contribution in [0.3, 0.4) is 0 Å². The third-order valence-corrected chi connectivity index (χ3v) is 40.6. The van der Waals surface area contributed by atoms with Crippen LogP contribution in [0.1, 0.15) is 157 Å². The molecule has 19 heteroatoms. The van der Waals surface area contributed by atoms with Gasteiger partial charge >= 0.3 is 0 Å². The van der Waals surface area contributed by atoms with Crippen LogP contribution in [0, 0.1) is 20.8 Å². The van der Waals surface area contributed by atoms with Crippen molar-refractivity contribution >= 4 is 47.8 Å². The largest absolute Gasteiger partial charge is 0.544 e. The van der Waals surface area contributed by atoms with Gasteiger partial charge in [0.15, 0.2) is 57.9 Å². The molecule has 0 bridgehead atoms. The molecule has 1 atom stereocenters. The van der Waals surface area contributed by atoms with Crippen LogP contribution in [0.15, 0.2) is 385 Å². The van der Waals surface area contributed by atoms with Gasteiger partial charge in [0.2, 0.25) is 22.1 Å². The minimum absolute atomic E-state index is 0.00953. The van der Waals surface area contributed by atoms with Crippen LogP contribution in [0.4, 0.5) is 0 Å². The Hall–Kier alpha value is -15.2. The normalized spacial score (nSPS) is 13.0. The Balaban J connectivity index is 0.000000158. The molecule has 2 aliphatic rings. The molecular formula is C129H136O16Si3. The van der Waals surface area contributed by atoms with Crippen molar-refractivity contribution < 1.29 is 69.8 Å². The van der Waals surface area contributed by atoms with Crippen molar-refractivity contribution in [2.24, 2.45) is 0 Å². The summed E-state index contributed by atoms with van der Waals surface area (Å²) in [5.74, 6) is 10.1. The maximum absolute atomic E-state index is 14.7. The molecule has 0 aliphatic carbocycles. The summed E-state index contributed by atoms with van der Waals surface area (Å²) >= 11 is 0. The zero-order valence-electron chi connectivity index (χ0n) is 88.4. The van der Waals surface area contributed by atoms with Gasteiger partial charge in [0.05, 0.1) is 5.56 Å². The Labute approximate surface area is 876 Å². The number of fused-ring (bicyclic) bond motifs is 3. The van der Waals surface area contributed by atoms with E-state index >= 15 is 0 Å². The van der Waals surface area contributed by atoms with Crippen LogP contribution >= 0.6 is 0 Å². The summed E-state index contributed by atoms with van der Waals surface area (Å²) in [4.78, 5) is 14.7. The molecule has 0 radical (unpaired) electrons. The molecule has 18 rings (SSSR count). The highest BCUT2D eigenvalue weighted by molar-refractivity contribution is 6.75. The summed E-state index contributed by atoms with van der Waals surface area (Å²) in [6.07, 6.45) is 2.18. The molecule has 16 nitrogen and oxygen atoms in total. The SMILES string of the molecule is Cc1cc(OCc2ccccc2)c2c(=O)c(O[Si](C)(C)C(C)(C)C)c(-c3ccc(OCc4ccccc4)c(OCc4ccccc4)c3)oc2c1.Cc1cc(OCc2ccccc2)c2c(c1)OC(c1ccc(OCc3ccccc3)c(OCc3ccccc3)c1)=C(O[Si](C)(C)C(C)(C)C)C2.Cc1cc(OCc2ccccc2)c2c(c1)OC(c1ccc(OCc3ccccc3)c(OCc3ccccc3)c1)C(O[Si](C)(C)C(C)(C)C)=C2. The van der Waals surface area contributed by atoms with E-state index in [1.54, 1.807) is 0 Å². The monoisotopic (exact) mass is 2020 g/mol. The second kappa shape index (κ2) is 47.6. The van der Waals surface area contributed by atoms with Crippen molar-refractivity contribution in [1.29, 1.82) is 0 Å². The summed E-state index contributed by atoms with van der Waals surface area (Å²) in [6, 6.07) is 121. The van der Waals surface area contributed by atoms with E-state index in [4.69, 9.17) is 69.8 Å². The summed E-state index contributed by atoms with van der Waals surface area (Å²) in [5.41, 5.74) is 17.1. The summed E-state index contributed by atoms with van der Waals surface area (Å²) in [6.45, 7) is 43.0. The molecule has 148 heavy (non-hydrogen) atoms. The van der Waals surface area contributed by atoms with Crippen LogP contribution < -0.4 is 62.0 Å². The fourth-order valence-electron chi connectivity index (χ4n) is 16.1. The standard InChI is InChI=1S/C43H44O6Si.2C43H46O5Si/c1-30-24-37(47-29-33-20-14-9-15-21-33)39-38(25-30)48-41(42(40(39)44)49-50(5,6)43(2,3)4)34-22-23-35(45-27-31-16-10-7-11-17-31)36(26-34)46-28-32-18-12-8-13-19-32;2*1-31-24-38(45-29-33-18-12-8-13-19-33)36-27-41(48-49(5,6)43(2,3)4)42(47-39(36)25-31)35-22-23-37(44-28-32-16-10-7-11-17-32)40(26-35)46-30-34-20-14-9-15-21-34/h7-26H,27-29H2,1-6H3;7-26H,27-30H2,1-6H3;7-27,42H,28-30H2,1-6H3. The lowest BCUT2D eigenvalue weighted by atomic mass is 10.00. The quantitative estimate of drug-likeness (QED) is 0.0341. The zero-order chi connectivity index (χ0) is 104. The predicted octanol–water partition coefficient (Wildman–Crippen LogP) is 33.2. The molecule has 2 aliphatic heterocycles. The van der Waals surface area contributed by atoms with Gasteiger partial charge in [0, 0.05) is 28.7 Å². The third kappa shape index (κ3) is 27.6. The first-order valence-corrected chi connectivity index (χ1v) is 59.5. The van der Waals surface area contributed by atoms with Crippen molar-refractivity contribution in [3.8, 4) is 80.3 Å². The molecule has 0 saturated heterocycles. The molecule has 1 aromatic heterocycles. The van der Waals surface area contributed by atoms with Gasteiger partial charge in [-0.15, -0.1) is 0 Å². The topological polar surface area (TPSA) is 159 Å². The molecule has 3 heterocycles. The van der Waals surface area contributed by atoms with Crippen LogP contribution in [-0.2, 0) is 74.7 Å². The van der Waals surface area contributed by atoms with E-state index in [2.05, 4.69) is 225 Å². The molecular weight excluding hydrogens is 1890 g/mol. The number of allylic oxidation sites excluding steroid dienone is 1. The number of hydrogen-bond donors (Lipinski definition) is 0. The van der Waals surface area contributed by atoms with Gasteiger partial charge in [-0.1, -0.05) is 341 Å². The molecule has 1 unspecified atom stereocenters. The number of hydrogen-bond acceptors (Lipinski definition) is 16. The zero-order valence-corrected chi connectivity index (χ0v) is 91.4. The average Bonchev–Trinajstić information content (AvgIpc) is 0.753. The van der Waals surface area contributed by atoms with Gasteiger partial charge in [-0.2, -0.15) is 0 Å². The van der Waals surface area contributed by atoms with Gasteiger partial charge in [-0.25, -0.2) is 0 Å². The highest BCUT2D eigenvalue weighted by Crippen LogP contribution is 2.52. The molecule has 0 amide bonds. The van der Waals surface area contributed by atoms with Crippen molar-refractivity contribution in [2.75, 3.05) is 0 Å². The summed E-state index contributed by atoms with van der Waals surface area (Å²) in [7, 11) is -7.04. The van der Waals surface area contributed by atoms with Crippen molar-refractivity contribution in [3.63, 3.8) is 0 Å². The van der Waals surface area contributed by atoms with Gasteiger partial charge in [-0.3, -0.25) is 4.79 Å². The minimum atomic E-state index is -2.52. The lowest BCUT2D eigenvalue weighted by molar-refractivity contribution is 0.174. The number of rotatable bonds is 36. The Bertz CT molecular complexity index is 7270. The van der Waals surface area contributed by atoms with Gasteiger partial charge < -0.3 is 69.8 Å². The van der Waals surface area contributed by atoms with E-state index in [0.717, 1.165) is 124 Å². The van der Waals surface area contributed by atoms with E-state index in [0.29, 0.717) is 134 Å². The van der Waals surface area contributed by atoms with Crippen molar-refractivity contribution in [1.82, 2.24) is 0 Å². The van der Waals surface area contributed by atoms with Gasteiger partial charge in [-0.05, 0) is 233 Å². The van der Waals surface area contributed by atoms with Crippen molar-refractivity contribution in [2.45, 2.75) is 209 Å². The second-order valence-electron chi connectivity index (χ2n) is 42.3. The van der Waals surface area contributed by atoms with E-state index < -0.39 is 31.1 Å². The first-order valence-electron chi connectivity index (χ1n) is 50.8. The third-order valence-electron chi connectivity index (χ3n) is 27.6. The highest BCUT2D eigenvalue weighted by atomic mass is 28.4. The molecule has 0 saturated carbocycles. The van der Waals surface area contributed by atoms with E-state index in [-0.39, 0.29) is 26.3 Å². The first kappa shape index (κ1) is 106. The molecule has 15 aromatic carbocycles. The van der Waals surface area contributed by atoms with Gasteiger partial charge in [0.25, 0.3) is 8.32 Å². The maximum Gasteiger partial charge on any atom is 0.250 e. The van der Waals surface area contributed by atoms with Crippen LogP contribution in [0.2, 0.25) is 54.4 Å². The van der Waals surface area contributed by atoms with Crippen LogP contribution in [-0.4, -0.2) is 25.0 Å². The molecule has 0 fully saturated rings. The number of benzene rings is 15. The van der Waals surface area contributed by atoms with E-state index in [9.17, 15) is 4.79 Å². The maximum atomic E-state index is 14.7. The Morgan fingerprint density at radius 2 is 0.615 bits per heavy atom. The van der Waals surface area contributed by atoms with Gasteiger partial charge in [0.1, 0.15) is 111 Å². The second-order valence-corrected chi connectivity index (χ2v) is 56.5. The Kier molecular flexibility index (Phi) is 33.9. The fourth-order valence-corrected chi connectivity index (χ4v) is 19.2. The molecule has 0 N–H and O–H groups in total. The molecule has 16 aromatic rings. The van der Waals surface area contributed by atoms with Crippen LogP contribution in [0.5, 0.6) is 69.0 Å². The number of ether oxygens (including phenoxy) is 11. The lowest BCUT2D eigenvalue weighted by Gasteiger charge is -2.40. The average molecular weight is 2030 g/mol. The molecule has 760 valence electrons. The Morgan fingerprint density at radius 3 is 1.01 bits per heavy atom. The highest BCUT2D eigenvalue weighted by Gasteiger charge is 2.45. The first-order chi connectivity index (χ1) is 71.1. The fraction of sp³-hybridized carbons (Fsp3) is 0.248. The smallest absolute Gasteiger partial charge is 0.250 e. The lowest BCUT2D eigenvalue weighted by Crippen LogP contribution is -2.45.